The van der Waals surface area contributed by atoms with Gasteiger partial charge in [0.15, 0.2) is 8.32 Å². The molecule has 126 valence electrons. The van der Waals surface area contributed by atoms with E-state index in [9.17, 15) is 5.11 Å². The average molecular weight is 327 g/mol. The molecule has 5 nitrogen and oxygen atoms in total. The number of rotatable bonds is 4. The van der Waals surface area contributed by atoms with Gasteiger partial charge in [-0.3, -0.25) is 4.99 Å². The zero-order valence-electron chi connectivity index (χ0n) is 14.7. The summed E-state index contributed by atoms with van der Waals surface area (Å²) in [5.74, 6) is 0. The third kappa shape index (κ3) is 3.79. The first kappa shape index (κ1) is 17.7. The van der Waals surface area contributed by atoms with Gasteiger partial charge in [0.05, 0.1) is 12.7 Å². The van der Waals surface area contributed by atoms with Crippen molar-refractivity contribution in [1.29, 1.82) is 0 Å². The first-order chi connectivity index (χ1) is 10.1. The quantitative estimate of drug-likeness (QED) is 0.807. The predicted octanol–water partition coefficient (Wildman–Crippen LogP) is 2.73. The molecule has 6 heteroatoms. The Morgan fingerprint density at radius 3 is 2.68 bits per heavy atom. The molecule has 1 N–H and O–H groups in total. The summed E-state index contributed by atoms with van der Waals surface area (Å²) in [5, 5.41) is 9.80. The lowest BCUT2D eigenvalue weighted by molar-refractivity contribution is -0.0624. The van der Waals surface area contributed by atoms with Crippen molar-refractivity contribution in [2.75, 3.05) is 13.3 Å². The molecule has 0 aliphatic carbocycles. The van der Waals surface area contributed by atoms with Crippen LogP contribution in [0.25, 0.3) is 0 Å². The SMILES string of the molecule is CC1=CN([C@H]2C[C@H](O[Si](C)(C)C(C)(C)C)[C@@H](CO)O2)CN=C1. The number of ether oxygens (including phenoxy) is 1. The lowest BCUT2D eigenvalue weighted by Crippen LogP contribution is -2.46. The second-order valence-corrected chi connectivity index (χ2v) is 12.6. The third-order valence-corrected chi connectivity index (χ3v) is 9.40. The summed E-state index contributed by atoms with van der Waals surface area (Å²) >= 11 is 0. The van der Waals surface area contributed by atoms with E-state index in [1.54, 1.807) is 0 Å². The molecule has 2 aliphatic rings. The Labute approximate surface area is 135 Å². The Kier molecular flexibility index (Phi) is 5.16. The molecule has 0 unspecified atom stereocenters. The summed E-state index contributed by atoms with van der Waals surface area (Å²) in [6, 6.07) is 0. The summed E-state index contributed by atoms with van der Waals surface area (Å²) in [6.07, 6.45) is 4.35. The van der Waals surface area contributed by atoms with Gasteiger partial charge in [-0.05, 0) is 30.6 Å². The molecule has 0 aromatic heterocycles. The fourth-order valence-electron chi connectivity index (χ4n) is 2.54. The fourth-order valence-corrected chi connectivity index (χ4v) is 3.90. The van der Waals surface area contributed by atoms with Gasteiger partial charge in [-0.2, -0.15) is 0 Å². The molecule has 0 aromatic carbocycles. The monoisotopic (exact) mass is 326 g/mol. The van der Waals surface area contributed by atoms with E-state index in [2.05, 4.69) is 50.0 Å². The van der Waals surface area contributed by atoms with Crippen LogP contribution in [0.4, 0.5) is 0 Å². The summed E-state index contributed by atoms with van der Waals surface area (Å²) < 4.78 is 12.5. The van der Waals surface area contributed by atoms with Crippen LogP contribution in [0.3, 0.4) is 0 Å². The highest BCUT2D eigenvalue weighted by molar-refractivity contribution is 6.74. The van der Waals surface area contributed by atoms with E-state index in [0.29, 0.717) is 6.67 Å². The molecule has 2 heterocycles. The number of aliphatic imine (C=N–C) groups is 1. The van der Waals surface area contributed by atoms with Crippen LogP contribution in [-0.4, -0.2) is 56.2 Å². The summed E-state index contributed by atoms with van der Waals surface area (Å²) in [7, 11) is -1.88. The van der Waals surface area contributed by atoms with E-state index < -0.39 is 8.32 Å². The first-order valence-electron chi connectivity index (χ1n) is 8.02. The molecule has 0 saturated carbocycles. The van der Waals surface area contributed by atoms with Crippen molar-refractivity contribution in [2.45, 2.75) is 70.7 Å². The van der Waals surface area contributed by atoms with Gasteiger partial charge in [-0.1, -0.05) is 20.8 Å². The van der Waals surface area contributed by atoms with Crippen molar-refractivity contribution in [1.82, 2.24) is 4.90 Å². The molecule has 1 fully saturated rings. The van der Waals surface area contributed by atoms with Crippen LogP contribution in [0.1, 0.15) is 34.1 Å². The van der Waals surface area contributed by atoms with Crippen LogP contribution in [0, 0.1) is 0 Å². The van der Waals surface area contributed by atoms with Crippen molar-refractivity contribution in [2.24, 2.45) is 4.99 Å². The van der Waals surface area contributed by atoms with Crippen LogP contribution < -0.4 is 0 Å². The number of nitrogens with zero attached hydrogens (tertiary/aromatic N) is 2. The molecule has 0 spiro atoms. The Morgan fingerprint density at radius 1 is 1.45 bits per heavy atom. The van der Waals surface area contributed by atoms with E-state index in [1.165, 1.54) is 0 Å². The van der Waals surface area contributed by atoms with E-state index in [4.69, 9.17) is 9.16 Å². The molecule has 3 atom stereocenters. The molecule has 2 rings (SSSR count). The predicted molar refractivity (Wildman–Crippen MR) is 91.4 cm³/mol. The molecule has 0 radical (unpaired) electrons. The zero-order chi connectivity index (χ0) is 16.5. The normalized spacial score (nSPS) is 29.9. The van der Waals surface area contributed by atoms with Gasteiger partial charge in [-0.15, -0.1) is 0 Å². The standard InChI is InChI=1S/C16H30N2O3Si/c1-12-8-17-11-18(9-12)15-7-13(14(10-19)20-15)21-22(5,6)16(2,3)4/h8-9,13-15,19H,7,10-11H2,1-6H3/t13-,14+,15+/m0/s1. The summed E-state index contributed by atoms with van der Waals surface area (Å²) in [4.78, 5) is 6.42. The highest BCUT2D eigenvalue weighted by Gasteiger charge is 2.45. The summed E-state index contributed by atoms with van der Waals surface area (Å²) in [5.41, 5.74) is 1.11. The van der Waals surface area contributed by atoms with Crippen LogP contribution in [0.15, 0.2) is 16.8 Å². The molecule has 22 heavy (non-hydrogen) atoms. The van der Waals surface area contributed by atoms with Gasteiger partial charge in [-0.25, -0.2) is 0 Å². The topological polar surface area (TPSA) is 54.3 Å². The lowest BCUT2D eigenvalue weighted by Gasteiger charge is -2.39. The number of aliphatic hydroxyl groups is 1. The Bertz CT molecular complexity index is 457. The van der Waals surface area contributed by atoms with E-state index in [-0.39, 0.29) is 30.1 Å². The number of hydrogen-bond acceptors (Lipinski definition) is 5. The van der Waals surface area contributed by atoms with E-state index in [0.717, 1.165) is 12.0 Å². The minimum Gasteiger partial charge on any atom is -0.411 e. The van der Waals surface area contributed by atoms with Gasteiger partial charge in [0.1, 0.15) is 19.0 Å². The van der Waals surface area contributed by atoms with E-state index in [1.807, 2.05) is 13.1 Å². The Balaban J connectivity index is 2.05. The van der Waals surface area contributed by atoms with Crippen LogP contribution in [0.2, 0.25) is 18.1 Å². The van der Waals surface area contributed by atoms with Crippen molar-refractivity contribution in [3.8, 4) is 0 Å². The Morgan fingerprint density at radius 2 is 2.14 bits per heavy atom. The molecule has 1 saturated heterocycles. The van der Waals surface area contributed by atoms with Gasteiger partial charge in [0.2, 0.25) is 0 Å². The van der Waals surface area contributed by atoms with Crippen molar-refractivity contribution in [3.63, 3.8) is 0 Å². The molecule has 0 aromatic rings. The number of aliphatic hydroxyl groups excluding tert-OH is 1. The van der Waals surface area contributed by atoms with Crippen molar-refractivity contribution in [3.05, 3.63) is 11.8 Å². The second-order valence-electron chi connectivity index (χ2n) is 7.80. The van der Waals surface area contributed by atoms with Crippen LogP contribution in [0.5, 0.6) is 0 Å². The molecule has 0 bridgehead atoms. The highest BCUT2D eigenvalue weighted by atomic mass is 28.4. The minimum absolute atomic E-state index is 0.00437. The molecule has 2 aliphatic heterocycles. The highest BCUT2D eigenvalue weighted by Crippen LogP contribution is 2.40. The smallest absolute Gasteiger partial charge is 0.192 e. The van der Waals surface area contributed by atoms with Crippen molar-refractivity contribution < 1.29 is 14.3 Å². The lowest BCUT2D eigenvalue weighted by atomic mass is 10.2. The summed E-state index contributed by atoms with van der Waals surface area (Å²) in [6.45, 7) is 13.8. The van der Waals surface area contributed by atoms with Gasteiger partial charge in [0, 0.05) is 18.8 Å². The largest absolute Gasteiger partial charge is 0.411 e. The van der Waals surface area contributed by atoms with Crippen LogP contribution in [-0.2, 0) is 9.16 Å². The minimum atomic E-state index is -1.88. The Hall–Kier alpha value is -0.693. The number of hydrogen-bond donors (Lipinski definition) is 1. The number of allylic oxidation sites excluding steroid dienone is 1. The maximum atomic E-state index is 9.65. The maximum absolute atomic E-state index is 9.65. The molecular formula is C16H30N2O3Si. The van der Waals surface area contributed by atoms with Gasteiger partial charge in [0.25, 0.3) is 0 Å². The van der Waals surface area contributed by atoms with E-state index >= 15 is 0 Å². The van der Waals surface area contributed by atoms with Crippen LogP contribution >= 0.6 is 0 Å². The zero-order valence-corrected chi connectivity index (χ0v) is 15.7. The van der Waals surface area contributed by atoms with Gasteiger partial charge >= 0.3 is 0 Å². The fraction of sp³-hybridized carbons (Fsp3) is 0.812. The van der Waals surface area contributed by atoms with Crippen molar-refractivity contribution >= 4 is 14.5 Å². The average Bonchev–Trinajstić information content (AvgIpc) is 2.79. The molecule has 0 amide bonds. The van der Waals surface area contributed by atoms with Gasteiger partial charge < -0.3 is 19.2 Å². The molecular weight excluding hydrogens is 296 g/mol. The first-order valence-corrected chi connectivity index (χ1v) is 10.9. The second kappa shape index (κ2) is 6.43. The third-order valence-electron chi connectivity index (χ3n) is 4.89. The maximum Gasteiger partial charge on any atom is 0.192 e.